The summed E-state index contributed by atoms with van der Waals surface area (Å²) >= 11 is 16.1. The molecule has 0 aliphatic heterocycles. The van der Waals surface area contributed by atoms with Crippen molar-refractivity contribution >= 4 is 66.7 Å². The lowest BCUT2D eigenvalue weighted by molar-refractivity contribution is -0.140. The first-order chi connectivity index (χ1) is 21.2. The first kappa shape index (κ1) is 34.5. The van der Waals surface area contributed by atoms with E-state index < -0.39 is 34.1 Å². The van der Waals surface area contributed by atoms with E-state index in [1.54, 1.807) is 18.2 Å². The van der Waals surface area contributed by atoms with Gasteiger partial charge >= 0.3 is 0 Å². The highest BCUT2D eigenvalue weighted by Crippen LogP contribution is 2.33. The fourth-order valence-corrected chi connectivity index (χ4v) is 6.99. The number of amides is 2. The summed E-state index contributed by atoms with van der Waals surface area (Å²) in [6.07, 6.45) is 0.207. The highest BCUT2D eigenvalue weighted by molar-refractivity contribution is 9.10. The van der Waals surface area contributed by atoms with Gasteiger partial charge in [-0.1, -0.05) is 99.8 Å². The van der Waals surface area contributed by atoms with Crippen molar-refractivity contribution in [1.29, 1.82) is 0 Å². The minimum absolute atomic E-state index is 0.0189. The number of benzene rings is 4. The Kier molecular flexibility index (Phi) is 11.4. The SMILES string of the molecule is CC(C)(C)NC(=O)[C@H](Cc1ccccc1)N(Cc1ccc(Br)cc1)C(=O)CN(c1ccc(Cl)cc1Cl)S(=O)(=O)c1ccccc1. The molecule has 0 aromatic heterocycles. The Labute approximate surface area is 283 Å². The van der Waals surface area contributed by atoms with Crippen LogP contribution in [0, 0.1) is 0 Å². The molecule has 0 aliphatic rings. The predicted octanol–water partition coefficient (Wildman–Crippen LogP) is 7.51. The van der Waals surface area contributed by atoms with E-state index in [9.17, 15) is 18.0 Å². The Morgan fingerprint density at radius 2 is 1.44 bits per heavy atom. The number of anilines is 1. The number of hydrogen-bond donors (Lipinski definition) is 1. The summed E-state index contributed by atoms with van der Waals surface area (Å²) in [4.78, 5) is 29.9. The molecule has 7 nitrogen and oxygen atoms in total. The first-order valence-electron chi connectivity index (χ1n) is 14.2. The lowest BCUT2D eigenvalue weighted by atomic mass is 10.0. The van der Waals surface area contributed by atoms with Gasteiger partial charge in [0, 0.05) is 28.0 Å². The van der Waals surface area contributed by atoms with Crippen LogP contribution in [-0.2, 0) is 32.6 Å². The molecular weight excluding hydrogens is 697 g/mol. The molecule has 1 N–H and O–H groups in total. The zero-order chi connectivity index (χ0) is 32.8. The number of halogens is 3. The Bertz CT molecular complexity index is 1730. The molecule has 0 unspecified atom stereocenters. The maximum atomic E-state index is 14.5. The van der Waals surface area contributed by atoms with Gasteiger partial charge in [0.25, 0.3) is 10.0 Å². The van der Waals surface area contributed by atoms with Gasteiger partial charge in [-0.2, -0.15) is 0 Å². The lowest BCUT2D eigenvalue weighted by Gasteiger charge is -2.35. The van der Waals surface area contributed by atoms with Crippen LogP contribution in [0.5, 0.6) is 0 Å². The van der Waals surface area contributed by atoms with E-state index in [2.05, 4.69) is 21.2 Å². The van der Waals surface area contributed by atoms with Crippen LogP contribution in [0.15, 0.2) is 112 Å². The Morgan fingerprint density at radius 3 is 2.02 bits per heavy atom. The molecule has 11 heteroatoms. The molecule has 0 radical (unpaired) electrons. The van der Waals surface area contributed by atoms with Crippen molar-refractivity contribution in [3.63, 3.8) is 0 Å². The zero-order valence-corrected chi connectivity index (χ0v) is 29.0. The number of carbonyl (C=O) groups excluding carboxylic acids is 2. The molecule has 0 saturated carbocycles. The standard InChI is InChI=1S/C34H34BrCl2N3O4S/c1-34(2,3)38-33(42)31(20-24-10-6-4-7-11-24)39(22-25-14-16-26(35)17-15-25)32(41)23-40(30-19-18-27(36)21-29(30)37)45(43,44)28-12-8-5-9-13-28/h4-19,21,31H,20,22-23H2,1-3H3,(H,38,42)/t31-/m0/s1. The molecular formula is C34H34BrCl2N3O4S. The summed E-state index contributed by atoms with van der Waals surface area (Å²) in [5.74, 6) is -0.952. The van der Waals surface area contributed by atoms with Gasteiger partial charge in [0.2, 0.25) is 11.8 Å². The number of nitrogens with one attached hydrogen (secondary N) is 1. The molecule has 0 bridgehead atoms. The topological polar surface area (TPSA) is 86.8 Å². The first-order valence-corrected chi connectivity index (χ1v) is 17.2. The fourth-order valence-electron chi connectivity index (χ4n) is 4.71. The number of hydrogen-bond acceptors (Lipinski definition) is 4. The van der Waals surface area contributed by atoms with Crippen LogP contribution in [0.25, 0.3) is 0 Å². The van der Waals surface area contributed by atoms with Gasteiger partial charge in [-0.05, 0) is 74.4 Å². The van der Waals surface area contributed by atoms with Crippen molar-refractivity contribution in [1.82, 2.24) is 10.2 Å². The van der Waals surface area contributed by atoms with E-state index in [1.807, 2.05) is 75.4 Å². The average Bonchev–Trinajstić information content (AvgIpc) is 2.99. The zero-order valence-electron chi connectivity index (χ0n) is 25.1. The van der Waals surface area contributed by atoms with E-state index in [4.69, 9.17) is 23.2 Å². The lowest BCUT2D eigenvalue weighted by Crippen LogP contribution is -2.56. The molecule has 0 spiro atoms. The highest BCUT2D eigenvalue weighted by Gasteiger charge is 2.36. The number of carbonyl (C=O) groups is 2. The smallest absolute Gasteiger partial charge is 0.264 e. The summed E-state index contributed by atoms with van der Waals surface area (Å²) in [5, 5.41) is 3.39. The predicted molar refractivity (Wildman–Crippen MR) is 184 cm³/mol. The minimum Gasteiger partial charge on any atom is -0.350 e. The summed E-state index contributed by atoms with van der Waals surface area (Å²) in [7, 11) is -4.28. The van der Waals surface area contributed by atoms with Gasteiger partial charge in [-0.3, -0.25) is 13.9 Å². The normalized spacial score (nSPS) is 12.3. The molecule has 4 rings (SSSR count). The second-order valence-electron chi connectivity index (χ2n) is 11.5. The van der Waals surface area contributed by atoms with Crippen molar-refractivity contribution in [3.05, 3.63) is 129 Å². The Balaban J connectivity index is 1.83. The fraction of sp³-hybridized carbons (Fsp3) is 0.235. The maximum absolute atomic E-state index is 14.5. The molecule has 236 valence electrons. The molecule has 0 fully saturated rings. The molecule has 2 amide bonds. The van der Waals surface area contributed by atoms with Crippen molar-refractivity contribution in [2.45, 2.75) is 50.2 Å². The Morgan fingerprint density at radius 1 is 0.844 bits per heavy atom. The van der Waals surface area contributed by atoms with E-state index in [-0.39, 0.29) is 34.5 Å². The van der Waals surface area contributed by atoms with Gasteiger partial charge in [-0.15, -0.1) is 0 Å². The van der Waals surface area contributed by atoms with Crippen LogP contribution >= 0.6 is 39.1 Å². The van der Waals surface area contributed by atoms with Crippen molar-refractivity contribution in [2.24, 2.45) is 0 Å². The van der Waals surface area contributed by atoms with Crippen molar-refractivity contribution in [2.75, 3.05) is 10.8 Å². The third-order valence-corrected chi connectivity index (χ3v) is 9.66. The number of nitrogens with zero attached hydrogens (tertiary/aromatic N) is 2. The van der Waals surface area contributed by atoms with Gasteiger partial charge in [-0.25, -0.2) is 8.42 Å². The molecule has 4 aromatic rings. The van der Waals surface area contributed by atoms with Gasteiger partial charge < -0.3 is 10.2 Å². The molecule has 4 aromatic carbocycles. The van der Waals surface area contributed by atoms with Crippen LogP contribution in [-0.4, -0.2) is 43.3 Å². The Hall–Kier alpha value is -3.37. The molecule has 0 heterocycles. The summed E-state index contributed by atoms with van der Waals surface area (Å²) in [5.41, 5.74) is 1.10. The summed E-state index contributed by atoms with van der Waals surface area (Å²) in [6.45, 7) is 5.02. The largest absolute Gasteiger partial charge is 0.350 e. The van der Waals surface area contributed by atoms with Crippen molar-refractivity contribution in [3.8, 4) is 0 Å². The van der Waals surface area contributed by atoms with E-state index in [0.717, 1.165) is 19.9 Å². The third kappa shape index (κ3) is 9.33. The van der Waals surface area contributed by atoms with Crippen LogP contribution in [0.3, 0.4) is 0 Å². The quantitative estimate of drug-likeness (QED) is 0.173. The summed E-state index contributed by atoms with van der Waals surface area (Å²) in [6, 6.07) is 28.0. The maximum Gasteiger partial charge on any atom is 0.264 e. The monoisotopic (exact) mass is 729 g/mol. The molecule has 0 aliphatic carbocycles. The van der Waals surface area contributed by atoms with Crippen LogP contribution in [0.1, 0.15) is 31.9 Å². The second kappa shape index (κ2) is 14.8. The van der Waals surface area contributed by atoms with Gasteiger partial charge in [0.05, 0.1) is 15.6 Å². The van der Waals surface area contributed by atoms with Crippen LogP contribution in [0.2, 0.25) is 10.0 Å². The van der Waals surface area contributed by atoms with Gasteiger partial charge in [0.15, 0.2) is 0 Å². The van der Waals surface area contributed by atoms with Gasteiger partial charge in [0.1, 0.15) is 12.6 Å². The molecule has 1 atom stereocenters. The number of sulfonamides is 1. The molecule has 45 heavy (non-hydrogen) atoms. The van der Waals surface area contributed by atoms with Crippen LogP contribution < -0.4 is 9.62 Å². The van der Waals surface area contributed by atoms with E-state index in [0.29, 0.717) is 5.02 Å². The molecule has 0 saturated heterocycles. The summed E-state index contributed by atoms with van der Waals surface area (Å²) < 4.78 is 30.0. The minimum atomic E-state index is -4.28. The third-order valence-electron chi connectivity index (χ3n) is 6.82. The van der Waals surface area contributed by atoms with E-state index in [1.165, 1.54) is 35.2 Å². The van der Waals surface area contributed by atoms with Crippen molar-refractivity contribution < 1.29 is 18.0 Å². The van der Waals surface area contributed by atoms with Crippen LogP contribution in [0.4, 0.5) is 5.69 Å². The average molecular weight is 732 g/mol. The highest BCUT2D eigenvalue weighted by atomic mass is 79.9. The van der Waals surface area contributed by atoms with E-state index >= 15 is 0 Å². The second-order valence-corrected chi connectivity index (χ2v) is 15.1. The number of rotatable bonds is 11.